The first-order valence-electron chi connectivity index (χ1n) is 7.40. The number of hydrogen-bond acceptors (Lipinski definition) is 5. The lowest BCUT2D eigenvalue weighted by Gasteiger charge is -2.02. The largest absolute Gasteiger partial charge is 0.455 e. The van der Waals surface area contributed by atoms with Gasteiger partial charge in [-0.15, -0.1) is 0 Å². The number of aromatic nitrogens is 2. The van der Waals surface area contributed by atoms with Gasteiger partial charge in [0.1, 0.15) is 0 Å². The van der Waals surface area contributed by atoms with Crippen molar-refractivity contribution in [1.82, 2.24) is 10.1 Å². The van der Waals surface area contributed by atoms with Crippen LogP contribution in [-0.4, -0.2) is 16.1 Å². The van der Waals surface area contributed by atoms with E-state index in [0.29, 0.717) is 10.8 Å². The molecule has 1 aromatic heterocycles. The normalized spacial score (nSPS) is 10.6. The van der Waals surface area contributed by atoms with Crippen LogP contribution in [0.4, 0.5) is 0 Å². The number of hydrogen-bond donors (Lipinski definition) is 0. The fourth-order valence-electron chi connectivity index (χ4n) is 2.12. The van der Waals surface area contributed by atoms with E-state index in [2.05, 4.69) is 10.1 Å². The highest BCUT2D eigenvalue weighted by Crippen LogP contribution is 2.20. The molecule has 2 aromatic carbocycles. The molecule has 0 spiro atoms. The van der Waals surface area contributed by atoms with E-state index in [-0.39, 0.29) is 24.9 Å². The Morgan fingerprint density at radius 2 is 2.00 bits per heavy atom. The van der Waals surface area contributed by atoms with E-state index in [1.165, 1.54) is 0 Å². The van der Waals surface area contributed by atoms with Gasteiger partial charge >= 0.3 is 5.97 Å². The van der Waals surface area contributed by atoms with Crippen LogP contribution in [0, 0.1) is 6.92 Å². The minimum absolute atomic E-state index is 0.0573. The molecule has 24 heavy (non-hydrogen) atoms. The Balaban J connectivity index is 1.57. The Morgan fingerprint density at radius 3 is 2.75 bits per heavy atom. The van der Waals surface area contributed by atoms with Crippen molar-refractivity contribution in [2.75, 3.05) is 0 Å². The smallest absolute Gasteiger partial charge is 0.310 e. The summed E-state index contributed by atoms with van der Waals surface area (Å²) in [5.41, 5.74) is 2.78. The second kappa shape index (κ2) is 7.27. The Kier molecular flexibility index (Phi) is 4.91. The van der Waals surface area contributed by atoms with Crippen LogP contribution in [0.1, 0.15) is 17.0 Å². The van der Waals surface area contributed by atoms with Crippen molar-refractivity contribution in [3.05, 3.63) is 70.6 Å². The van der Waals surface area contributed by atoms with E-state index in [9.17, 15) is 4.79 Å². The molecule has 5 nitrogen and oxygen atoms in total. The average Bonchev–Trinajstić information content (AvgIpc) is 3.04. The van der Waals surface area contributed by atoms with E-state index in [1.54, 1.807) is 18.2 Å². The zero-order valence-corrected chi connectivity index (χ0v) is 13.8. The van der Waals surface area contributed by atoms with Crippen LogP contribution in [0.15, 0.2) is 53.1 Å². The van der Waals surface area contributed by atoms with Crippen molar-refractivity contribution in [3.8, 4) is 11.4 Å². The first-order chi connectivity index (χ1) is 11.6. The zero-order chi connectivity index (χ0) is 16.9. The zero-order valence-electron chi connectivity index (χ0n) is 13.0. The van der Waals surface area contributed by atoms with Crippen molar-refractivity contribution >= 4 is 17.6 Å². The summed E-state index contributed by atoms with van der Waals surface area (Å²) < 4.78 is 10.3. The summed E-state index contributed by atoms with van der Waals surface area (Å²) in [6.45, 7) is 1.94. The van der Waals surface area contributed by atoms with Gasteiger partial charge in [-0.1, -0.05) is 58.7 Å². The van der Waals surface area contributed by atoms with Crippen molar-refractivity contribution in [3.63, 3.8) is 0 Å². The Morgan fingerprint density at radius 1 is 1.21 bits per heavy atom. The molecule has 0 aliphatic heterocycles. The third-order valence-electron chi connectivity index (χ3n) is 3.38. The van der Waals surface area contributed by atoms with Crippen molar-refractivity contribution in [2.24, 2.45) is 0 Å². The molecule has 0 bridgehead atoms. The van der Waals surface area contributed by atoms with Crippen molar-refractivity contribution in [1.29, 1.82) is 0 Å². The average molecular weight is 343 g/mol. The van der Waals surface area contributed by atoms with Crippen LogP contribution < -0.4 is 0 Å². The molecule has 3 aromatic rings. The highest BCUT2D eigenvalue weighted by molar-refractivity contribution is 6.30. The minimum atomic E-state index is -0.346. The summed E-state index contributed by atoms with van der Waals surface area (Å²) in [5, 5.41) is 4.45. The molecule has 0 atom stereocenters. The SMILES string of the molecule is Cc1ccc(CC(=O)OCc2nc(-c3cccc(Cl)c3)no2)cc1. The van der Waals surface area contributed by atoms with Crippen LogP contribution >= 0.6 is 11.6 Å². The van der Waals surface area contributed by atoms with E-state index in [1.807, 2.05) is 37.3 Å². The predicted octanol–water partition coefficient (Wildman–Crippen LogP) is 3.98. The summed E-state index contributed by atoms with van der Waals surface area (Å²) in [5.74, 6) is 0.297. The quantitative estimate of drug-likeness (QED) is 0.656. The molecule has 0 saturated heterocycles. The fraction of sp³-hybridized carbons (Fsp3) is 0.167. The van der Waals surface area contributed by atoms with Gasteiger partial charge in [0.15, 0.2) is 6.61 Å². The summed E-state index contributed by atoms with van der Waals surface area (Å²) in [7, 11) is 0. The Labute approximate surface area is 144 Å². The lowest BCUT2D eigenvalue weighted by Crippen LogP contribution is -2.08. The topological polar surface area (TPSA) is 65.2 Å². The van der Waals surface area contributed by atoms with E-state index in [0.717, 1.165) is 16.7 Å². The molecule has 0 N–H and O–H groups in total. The number of rotatable bonds is 5. The number of ether oxygens (including phenoxy) is 1. The first kappa shape index (κ1) is 16.2. The van der Waals surface area contributed by atoms with Crippen LogP contribution in [0.25, 0.3) is 11.4 Å². The summed E-state index contributed by atoms with van der Waals surface area (Å²) in [4.78, 5) is 16.1. The molecule has 0 saturated carbocycles. The Hall–Kier alpha value is -2.66. The van der Waals surface area contributed by atoms with Gasteiger partial charge in [-0.05, 0) is 24.6 Å². The third kappa shape index (κ3) is 4.20. The number of benzene rings is 2. The second-order valence-electron chi connectivity index (χ2n) is 5.35. The molecule has 0 aliphatic carbocycles. The van der Waals surface area contributed by atoms with Gasteiger partial charge in [-0.2, -0.15) is 4.98 Å². The number of nitrogens with zero attached hydrogens (tertiary/aromatic N) is 2. The number of carbonyl (C=O) groups excluding carboxylic acids is 1. The fourth-order valence-corrected chi connectivity index (χ4v) is 2.31. The lowest BCUT2D eigenvalue weighted by atomic mass is 10.1. The van der Waals surface area contributed by atoms with Crippen molar-refractivity contribution < 1.29 is 14.1 Å². The molecule has 122 valence electrons. The summed E-state index contributed by atoms with van der Waals surface area (Å²) >= 11 is 5.94. The van der Waals surface area contributed by atoms with Crippen molar-refractivity contribution in [2.45, 2.75) is 20.0 Å². The Bertz CT molecular complexity index is 843. The molecule has 0 amide bonds. The van der Waals surface area contributed by atoms with Gasteiger partial charge in [0.25, 0.3) is 5.89 Å². The van der Waals surface area contributed by atoms with Crippen LogP contribution in [0.3, 0.4) is 0 Å². The van der Waals surface area contributed by atoms with E-state index in [4.69, 9.17) is 20.9 Å². The molecular weight excluding hydrogens is 328 g/mol. The van der Waals surface area contributed by atoms with Gasteiger partial charge in [0, 0.05) is 10.6 Å². The number of aryl methyl sites for hydroxylation is 1. The molecule has 0 aliphatic rings. The highest BCUT2D eigenvalue weighted by atomic mass is 35.5. The molecule has 6 heteroatoms. The molecule has 3 rings (SSSR count). The number of carbonyl (C=O) groups is 1. The van der Waals surface area contributed by atoms with Crippen LogP contribution in [0.2, 0.25) is 5.02 Å². The van der Waals surface area contributed by atoms with Crippen LogP contribution in [-0.2, 0) is 22.6 Å². The van der Waals surface area contributed by atoms with Gasteiger partial charge < -0.3 is 9.26 Å². The summed E-state index contributed by atoms with van der Waals surface area (Å²) in [6, 6.07) is 14.8. The maximum atomic E-state index is 11.9. The van der Waals surface area contributed by atoms with Crippen LogP contribution in [0.5, 0.6) is 0 Å². The third-order valence-corrected chi connectivity index (χ3v) is 3.61. The lowest BCUT2D eigenvalue weighted by molar-refractivity contribution is -0.144. The monoisotopic (exact) mass is 342 g/mol. The number of halogens is 1. The van der Waals surface area contributed by atoms with Gasteiger partial charge in [0.2, 0.25) is 5.82 Å². The maximum Gasteiger partial charge on any atom is 0.310 e. The predicted molar refractivity (Wildman–Crippen MR) is 89.4 cm³/mol. The molecular formula is C18H15ClN2O3. The van der Waals surface area contributed by atoms with Gasteiger partial charge in [0.05, 0.1) is 6.42 Å². The van der Waals surface area contributed by atoms with E-state index < -0.39 is 0 Å². The molecule has 0 unspecified atom stereocenters. The van der Waals surface area contributed by atoms with Gasteiger partial charge in [-0.3, -0.25) is 4.79 Å². The first-order valence-corrected chi connectivity index (χ1v) is 7.77. The molecule has 0 radical (unpaired) electrons. The standard InChI is InChI=1S/C18H15ClN2O3/c1-12-5-7-13(8-6-12)9-17(22)23-11-16-20-18(21-24-16)14-3-2-4-15(19)10-14/h2-8,10H,9,11H2,1H3. The summed E-state index contributed by atoms with van der Waals surface area (Å²) in [6.07, 6.45) is 0.204. The minimum Gasteiger partial charge on any atom is -0.455 e. The molecule has 0 fully saturated rings. The maximum absolute atomic E-state index is 11.9. The van der Waals surface area contributed by atoms with E-state index >= 15 is 0 Å². The van der Waals surface area contributed by atoms with Gasteiger partial charge in [-0.25, -0.2) is 0 Å². The molecule has 1 heterocycles. The highest BCUT2D eigenvalue weighted by Gasteiger charge is 2.12. The second-order valence-corrected chi connectivity index (χ2v) is 5.78. The number of esters is 1.